The van der Waals surface area contributed by atoms with Crippen LogP contribution in [0.1, 0.15) is 37.8 Å². The largest absolute Gasteiger partial charge is 0.475 e. The molecular formula is C15H24N4O. The first kappa shape index (κ1) is 13.8. The van der Waals surface area contributed by atoms with E-state index in [0.29, 0.717) is 18.5 Å². The van der Waals surface area contributed by atoms with Gasteiger partial charge >= 0.3 is 0 Å². The van der Waals surface area contributed by atoms with Crippen LogP contribution < -0.4 is 10.1 Å². The van der Waals surface area contributed by atoms with Crippen LogP contribution in [0.3, 0.4) is 0 Å². The first-order valence-electron chi connectivity index (χ1n) is 7.79. The van der Waals surface area contributed by atoms with Crippen LogP contribution in [0.25, 0.3) is 0 Å². The number of nitrogens with one attached hydrogen (secondary N) is 1. The molecule has 1 saturated carbocycles. The fourth-order valence-electron chi connectivity index (χ4n) is 2.51. The van der Waals surface area contributed by atoms with Gasteiger partial charge in [0.15, 0.2) is 0 Å². The van der Waals surface area contributed by atoms with Crippen LogP contribution >= 0.6 is 0 Å². The van der Waals surface area contributed by atoms with E-state index in [-0.39, 0.29) is 0 Å². The minimum Gasteiger partial charge on any atom is -0.475 e. The highest BCUT2D eigenvalue weighted by atomic mass is 16.5. The van der Waals surface area contributed by atoms with Gasteiger partial charge in [-0.25, -0.2) is 4.98 Å². The van der Waals surface area contributed by atoms with Crippen LogP contribution in [0.2, 0.25) is 0 Å². The van der Waals surface area contributed by atoms with E-state index < -0.39 is 0 Å². The number of hydrogen-bond donors (Lipinski definition) is 1. The summed E-state index contributed by atoms with van der Waals surface area (Å²) in [6.07, 6.45) is 10.2. The highest BCUT2D eigenvalue weighted by Crippen LogP contribution is 2.19. The van der Waals surface area contributed by atoms with Gasteiger partial charge in [-0.1, -0.05) is 6.42 Å². The van der Waals surface area contributed by atoms with Crippen LogP contribution in [0.15, 0.2) is 12.4 Å². The first-order chi connectivity index (χ1) is 9.90. The number of hydrogen-bond acceptors (Lipinski definition) is 5. The second-order valence-corrected chi connectivity index (χ2v) is 5.75. The first-order valence-corrected chi connectivity index (χ1v) is 7.79. The molecule has 1 aliphatic heterocycles. The van der Waals surface area contributed by atoms with Gasteiger partial charge in [0.05, 0.1) is 18.1 Å². The molecule has 0 amide bonds. The molecule has 0 unspecified atom stereocenters. The lowest BCUT2D eigenvalue weighted by atomic mass is 10.1. The van der Waals surface area contributed by atoms with Crippen molar-refractivity contribution in [2.75, 3.05) is 26.2 Å². The Labute approximate surface area is 120 Å². The van der Waals surface area contributed by atoms with Gasteiger partial charge in [0.25, 0.3) is 0 Å². The number of nitrogens with zero attached hydrogens (tertiary/aromatic N) is 3. The minimum absolute atomic E-state index is 0.636. The molecule has 2 heterocycles. The zero-order chi connectivity index (χ0) is 13.6. The second-order valence-electron chi connectivity index (χ2n) is 5.75. The van der Waals surface area contributed by atoms with E-state index in [9.17, 15) is 0 Å². The number of aromatic nitrogens is 2. The molecular weight excluding hydrogens is 252 g/mol. The third-order valence-electron chi connectivity index (χ3n) is 3.94. The normalized spacial score (nSPS) is 20.0. The van der Waals surface area contributed by atoms with Gasteiger partial charge in [-0.15, -0.1) is 0 Å². The Bertz CT molecular complexity index is 399. The van der Waals surface area contributed by atoms with Crippen molar-refractivity contribution < 1.29 is 4.74 Å². The molecule has 1 saturated heterocycles. The summed E-state index contributed by atoms with van der Waals surface area (Å²) in [5.74, 6) is 0.636. The van der Waals surface area contributed by atoms with E-state index in [2.05, 4.69) is 20.2 Å². The molecule has 0 aromatic carbocycles. The third kappa shape index (κ3) is 4.42. The molecule has 5 nitrogen and oxygen atoms in total. The van der Waals surface area contributed by atoms with Gasteiger partial charge in [0, 0.05) is 19.1 Å². The predicted octanol–water partition coefficient (Wildman–Crippen LogP) is 1.59. The highest BCUT2D eigenvalue weighted by Gasteiger charge is 2.20. The number of piperidine rings is 1. The van der Waals surface area contributed by atoms with E-state index >= 15 is 0 Å². The van der Waals surface area contributed by atoms with Crippen LogP contribution in [-0.2, 0) is 6.54 Å². The van der Waals surface area contributed by atoms with E-state index in [1.165, 1.54) is 45.2 Å². The van der Waals surface area contributed by atoms with Crippen molar-refractivity contribution >= 4 is 0 Å². The summed E-state index contributed by atoms with van der Waals surface area (Å²) in [5.41, 5.74) is 0.986. The van der Waals surface area contributed by atoms with E-state index in [1.807, 2.05) is 6.20 Å². The fourth-order valence-corrected chi connectivity index (χ4v) is 2.51. The van der Waals surface area contributed by atoms with Gasteiger partial charge in [-0.2, -0.15) is 0 Å². The quantitative estimate of drug-likeness (QED) is 0.819. The molecule has 1 aliphatic carbocycles. The molecule has 0 spiro atoms. The van der Waals surface area contributed by atoms with Gasteiger partial charge in [0.2, 0.25) is 5.88 Å². The Morgan fingerprint density at radius 3 is 2.70 bits per heavy atom. The lowest BCUT2D eigenvalue weighted by Crippen LogP contribution is -2.33. The Morgan fingerprint density at radius 2 is 2.00 bits per heavy atom. The molecule has 1 aromatic heterocycles. The topological polar surface area (TPSA) is 50.3 Å². The van der Waals surface area contributed by atoms with Gasteiger partial charge < -0.3 is 10.1 Å². The Kier molecular flexibility index (Phi) is 4.82. The van der Waals surface area contributed by atoms with Crippen LogP contribution in [0, 0.1) is 0 Å². The van der Waals surface area contributed by atoms with Crippen molar-refractivity contribution in [2.24, 2.45) is 0 Å². The van der Waals surface area contributed by atoms with Crippen molar-refractivity contribution in [2.45, 2.75) is 44.7 Å². The molecule has 20 heavy (non-hydrogen) atoms. The van der Waals surface area contributed by atoms with Gasteiger partial charge in [0.1, 0.15) is 6.61 Å². The highest BCUT2D eigenvalue weighted by molar-refractivity contribution is 5.07. The summed E-state index contributed by atoms with van der Waals surface area (Å²) in [6, 6.07) is 0.706. The zero-order valence-electron chi connectivity index (χ0n) is 12.1. The van der Waals surface area contributed by atoms with E-state index in [0.717, 1.165) is 18.8 Å². The maximum absolute atomic E-state index is 5.67. The third-order valence-corrected chi connectivity index (χ3v) is 3.94. The average Bonchev–Trinajstić information content (AvgIpc) is 3.32. The summed E-state index contributed by atoms with van der Waals surface area (Å²) in [4.78, 5) is 11.2. The Morgan fingerprint density at radius 1 is 1.15 bits per heavy atom. The predicted molar refractivity (Wildman–Crippen MR) is 77.7 cm³/mol. The standard InChI is InChI=1S/C15H24N4O/c1-2-6-19(7-3-1)8-9-20-15-12-17-14(11-18-15)10-16-13-4-5-13/h11-13,16H,1-10H2. The SMILES string of the molecule is c1nc(OCCN2CCCCC2)cnc1CNC1CC1. The smallest absolute Gasteiger partial charge is 0.232 e. The molecule has 0 atom stereocenters. The van der Waals surface area contributed by atoms with Crippen molar-refractivity contribution in [3.8, 4) is 5.88 Å². The van der Waals surface area contributed by atoms with E-state index in [1.54, 1.807) is 6.20 Å². The molecule has 2 aliphatic rings. The molecule has 3 rings (SSSR count). The molecule has 1 N–H and O–H groups in total. The zero-order valence-corrected chi connectivity index (χ0v) is 12.1. The number of rotatable bonds is 7. The van der Waals surface area contributed by atoms with Crippen molar-refractivity contribution in [1.82, 2.24) is 20.2 Å². The maximum atomic E-state index is 5.67. The lowest BCUT2D eigenvalue weighted by molar-refractivity contribution is 0.180. The van der Waals surface area contributed by atoms with Gasteiger partial charge in [-0.3, -0.25) is 9.88 Å². The van der Waals surface area contributed by atoms with Crippen LogP contribution in [0.4, 0.5) is 0 Å². The van der Waals surface area contributed by atoms with Crippen molar-refractivity contribution in [1.29, 1.82) is 0 Å². The maximum Gasteiger partial charge on any atom is 0.232 e. The van der Waals surface area contributed by atoms with Crippen LogP contribution in [0.5, 0.6) is 5.88 Å². The summed E-state index contributed by atoms with van der Waals surface area (Å²) in [5, 5.41) is 3.43. The summed E-state index contributed by atoms with van der Waals surface area (Å²) < 4.78 is 5.67. The van der Waals surface area contributed by atoms with Crippen molar-refractivity contribution in [3.05, 3.63) is 18.1 Å². The fraction of sp³-hybridized carbons (Fsp3) is 0.733. The molecule has 5 heteroatoms. The number of likely N-dealkylation sites (tertiary alicyclic amines) is 1. The molecule has 110 valence electrons. The molecule has 1 aromatic rings. The van der Waals surface area contributed by atoms with Gasteiger partial charge in [-0.05, 0) is 38.8 Å². The number of ether oxygens (including phenoxy) is 1. The molecule has 2 fully saturated rings. The monoisotopic (exact) mass is 276 g/mol. The van der Waals surface area contributed by atoms with Crippen molar-refractivity contribution in [3.63, 3.8) is 0 Å². The van der Waals surface area contributed by atoms with Crippen LogP contribution in [-0.4, -0.2) is 47.2 Å². The second kappa shape index (κ2) is 6.99. The molecule has 0 radical (unpaired) electrons. The lowest BCUT2D eigenvalue weighted by Gasteiger charge is -2.25. The van der Waals surface area contributed by atoms with E-state index in [4.69, 9.17) is 4.74 Å². The average molecular weight is 276 g/mol. The Balaban J connectivity index is 1.36. The minimum atomic E-state index is 0.636. The summed E-state index contributed by atoms with van der Waals surface area (Å²) >= 11 is 0. The summed E-state index contributed by atoms with van der Waals surface area (Å²) in [6.45, 7) is 4.92. The Hall–Kier alpha value is -1.20. The summed E-state index contributed by atoms with van der Waals surface area (Å²) in [7, 11) is 0. The molecule has 0 bridgehead atoms.